The van der Waals surface area contributed by atoms with Gasteiger partial charge in [0.05, 0.1) is 5.37 Å². The van der Waals surface area contributed by atoms with Crippen LogP contribution in [0.4, 0.5) is 0 Å². The Morgan fingerprint density at radius 2 is 2.12 bits per heavy atom. The Balaban J connectivity index is 2.66. The number of benzene rings is 1. The van der Waals surface area contributed by atoms with E-state index < -0.39 is 0 Å². The lowest BCUT2D eigenvalue weighted by molar-refractivity contribution is 0.282. The number of nitrogens with zero attached hydrogens (tertiary/aromatic N) is 1. The highest BCUT2D eigenvalue weighted by Gasteiger charge is 2.17. The van der Waals surface area contributed by atoms with Crippen LogP contribution in [0.25, 0.3) is 0 Å². The maximum absolute atomic E-state index is 5.97. The quantitative estimate of drug-likeness (QED) is 0.799. The average molecular weight is 238 g/mol. The van der Waals surface area contributed by atoms with Gasteiger partial charge in [0, 0.05) is 12.6 Å². The van der Waals surface area contributed by atoms with Gasteiger partial charge in [0.1, 0.15) is 0 Å². The molecule has 0 radical (unpaired) electrons. The summed E-state index contributed by atoms with van der Waals surface area (Å²) in [4.78, 5) is 2.31. The maximum Gasteiger partial charge on any atom is 0.0705 e. The first-order chi connectivity index (χ1) is 7.54. The summed E-state index contributed by atoms with van der Waals surface area (Å²) in [5.74, 6) is 0. The first-order valence-corrected chi connectivity index (χ1v) is 6.87. The number of hydrogen-bond donors (Lipinski definition) is 1. The third kappa shape index (κ3) is 3.81. The minimum Gasteiger partial charge on any atom is -0.326 e. The Bertz CT molecular complexity index is 325. The molecule has 1 aromatic carbocycles. The van der Waals surface area contributed by atoms with Crippen LogP contribution < -0.4 is 5.73 Å². The van der Waals surface area contributed by atoms with Gasteiger partial charge in [-0.25, -0.2) is 0 Å². The van der Waals surface area contributed by atoms with Crippen molar-refractivity contribution >= 4 is 11.8 Å². The highest BCUT2D eigenvalue weighted by molar-refractivity contribution is 7.99. The number of likely N-dealkylation sites (N-methyl/N-ethyl adjacent to an activating group) is 1. The van der Waals surface area contributed by atoms with Crippen molar-refractivity contribution in [2.45, 2.75) is 31.8 Å². The van der Waals surface area contributed by atoms with Crippen LogP contribution in [0.3, 0.4) is 0 Å². The van der Waals surface area contributed by atoms with Crippen molar-refractivity contribution in [1.82, 2.24) is 4.90 Å². The number of nitrogens with two attached hydrogens (primary N) is 1. The Morgan fingerprint density at radius 3 is 2.62 bits per heavy atom. The predicted molar refractivity (Wildman–Crippen MR) is 73.6 cm³/mol. The van der Waals surface area contributed by atoms with Crippen molar-refractivity contribution in [2.24, 2.45) is 5.73 Å². The van der Waals surface area contributed by atoms with Crippen molar-refractivity contribution in [3.63, 3.8) is 0 Å². The van der Waals surface area contributed by atoms with Crippen molar-refractivity contribution in [3.8, 4) is 0 Å². The van der Waals surface area contributed by atoms with Crippen LogP contribution in [-0.4, -0.2) is 29.6 Å². The molecule has 0 aliphatic rings. The lowest BCUT2D eigenvalue weighted by Gasteiger charge is -2.29. The minimum absolute atomic E-state index is 0.185. The van der Waals surface area contributed by atoms with E-state index in [9.17, 15) is 0 Å². The van der Waals surface area contributed by atoms with E-state index in [2.05, 4.69) is 56.3 Å². The molecule has 2 nitrogen and oxygen atoms in total. The normalized spacial score (nSPS) is 15.1. The SMILES string of the molecule is CSC([C@@H](C)N)N(C)Cc1cccc(C)c1. The summed E-state index contributed by atoms with van der Waals surface area (Å²) < 4.78 is 0. The van der Waals surface area contributed by atoms with Crippen molar-refractivity contribution in [3.05, 3.63) is 35.4 Å². The van der Waals surface area contributed by atoms with E-state index in [1.54, 1.807) is 0 Å². The smallest absolute Gasteiger partial charge is 0.0705 e. The van der Waals surface area contributed by atoms with Gasteiger partial charge in [-0.05, 0) is 32.7 Å². The van der Waals surface area contributed by atoms with E-state index in [1.165, 1.54) is 11.1 Å². The fraction of sp³-hybridized carbons (Fsp3) is 0.538. The topological polar surface area (TPSA) is 29.3 Å². The van der Waals surface area contributed by atoms with E-state index in [-0.39, 0.29) is 6.04 Å². The molecule has 2 atom stereocenters. The Morgan fingerprint density at radius 1 is 1.44 bits per heavy atom. The molecule has 16 heavy (non-hydrogen) atoms. The molecule has 0 saturated carbocycles. The van der Waals surface area contributed by atoms with E-state index >= 15 is 0 Å². The summed E-state index contributed by atoms with van der Waals surface area (Å²) in [6.07, 6.45) is 2.11. The fourth-order valence-electron chi connectivity index (χ4n) is 1.98. The first kappa shape index (κ1) is 13.6. The van der Waals surface area contributed by atoms with Crippen LogP contribution in [-0.2, 0) is 6.54 Å². The molecule has 90 valence electrons. The fourth-order valence-corrected chi connectivity index (χ4v) is 2.85. The lowest BCUT2D eigenvalue weighted by Crippen LogP contribution is -2.41. The van der Waals surface area contributed by atoms with Crippen LogP contribution in [0.15, 0.2) is 24.3 Å². The molecule has 0 spiro atoms. The van der Waals surface area contributed by atoms with Crippen LogP contribution in [0.1, 0.15) is 18.1 Å². The second kappa shape index (κ2) is 6.28. The first-order valence-electron chi connectivity index (χ1n) is 5.58. The molecule has 0 heterocycles. The molecule has 0 bridgehead atoms. The van der Waals surface area contributed by atoms with Crippen LogP contribution in [0, 0.1) is 6.92 Å². The van der Waals surface area contributed by atoms with Gasteiger partial charge < -0.3 is 5.73 Å². The number of hydrogen-bond acceptors (Lipinski definition) is 3. The van der Waals surface area contributed by atoms with Gasteiger partial charge in [0.25, 0.3) is 0 Å². The molecule has 3 heteroatoms. The number of aryl methyl sites for hydroxylation is 1. The maximum atomic E-state index is 5.97. The third-order valence-corrected chi connectivity index (χ3v) is 3.91. The highest BCUT2D eigenvalue weighted by Crippen LogP contribution is 2.17. The van der Waals surface area contributed by atoms with Gasteiger partial charge in [0.15, 0.2) is 0 Å². The van der Waals surface area contributed by atoms with Crippen molar-refractivity contribution in [2.75, 3.05) is 13.3 Å². The Labute approximate surface area is 103 Å². The zero-order chi connectivity index (χ0) is 12.1. The van der Waals surface area contributed by atoms with E-state index in [4.69, 9.17) is 5.73 Å². The van der Waals surface area contributed by atoms with Crippen LogP contribution >= 0.6 is 11.8 Å². The second-order valence-electron chi connectivity index (χ2n) is 4.39. The van der Waals surface area contributed by atoms with Gasteiger partial charge in [-0.2, -0.15) is 0 Å². The highest BCUT2D eigenvalue weighted by atomic mass is 32.2. The molecule has 0 aromatic heterocycles. The van der Waals surface area contributed by atoms with E-state index in [0.717, 1.165) is 6.54 Å². The molecule has 0 saturated heterocycles. The predicted octanol–water partition coefficient (Wildman–Crippen LogP) is 2.46. The standard InChI is InChI=1S/C13H22N2S/c1-10-6-5-7-12(8-10)9-15(3)13(16-4)11(2)14/h5-8,11,13H,9,14H2,1-4H3/t11-,13?/m1/s1. The number of rotatable bonds is 5. The zero-order valence-corrected chi connectivity index (χ0v) is 11.4. The van der Waals surface area contributed by atoms with Crippen molar-refractivity contribution in [1.29, 1.82) is 0 Å². The molecular formula is C13H22N2S. The molecule has 0 aliphatic carbocycles. The van der Waals surface area contributed by atoms with Crippen LogP contribution in [0.5, 0.6) is 0 Å². The molecule has 1 rings (SSSR count). The number of thioether (sulfide) groups is 1. The lowest BCUT2D eigenvalue weighted by atomic mass is 10.1. The van der Waals surface area contributed by atoms with Crippen molar-refractivity contribution < 1.29 is 0 Å². The molecule has 0 fully saturated rings. The van der Waals surface area contributed by atoms with Gasteiger partial charge in [0.2, 0.25) is 0 Å². The van der Waals surface area contributed by atoms with Gasteiger partial charge >= 0.3 is 0 Å². The second-order valence-corrected chi connectivity index (χ2v) is 5.34. The summed E-state index contributed by atoms with van der Waals surface area (Å²) in [6, 6.07) is 8.82. The molecule has 0 aliphatic heterocycles. The van der Waals surface area contributed by atoms with Crippen LogP contribution in [0.2, 0.25) is 0 Å². The molecule has 1 aromatic rings. The van der Waals surface area contributed by atoms with Gasteiger partial charge in [-0.3, -0.25) is 4.90 Å². The molecular weight excluding hydrogens is 216 g/mol. The minimum atomic E-state index is 0.185. The Kier molecular flexibility index (Phi) is 5.32. The van der Waals surface area contributed by atoms with E-state index in [0.29, 0.717) is 5.37 Å². The molecule has 2 N–H and O–H groups in total. The zero-order valence-electron chi connectivity index (χ0n) is 10.6. The van der Waals surface area contributed by atoms with Gasteiger partial charge in [-0.15, -0.1) is 11.8 Å². The van der Waals surface area contributed by atoms with E-state index in [1.807, 2.05) is 11.8 Å². The summed E-state index contributed by atoms with van der Waals surface area (Å²) in [5.41, 5.74) is 8.63. The summed E-state index contributed by atoms with van der Waals surface area (Å²) in [6.45, 7) is 5.14. The monoisotopic (exact) mass is 238 g/mol. The molecule has 0 amide bonds. The summed E-state index contributed by atoms with van der Waals surface area (Å²) in [5, 5.41) is 0.375. The van der Waals surface area contributed by atoms with Gasteiger partial charge in [-0.1, -0.05) is 29.8 Å². The molecule has 1 unspecified atom stereocenters. The Hall–Kier alpha value is -0.510. The third-order valence-electron chi connectivity index (χ3n) is 2.64. The largest absolute Gasteiger partial charge is 0.326 e. The average Bonchev–Trinajstić information content (AvgIpc) is 2.17. The summed E-state index contributed by atoms with van der Waals surface area (Å²) in [7, 11) is 2.13. The summed E-state index contributed by atoms with van der Waals surface area (Å²) >= 11 is 1.81.